The highest BCUT2D eigenvalue weighted by atomic mass is 16.5. The third-order valence-corrected chi connectivity index (χ3v) is 5.30. The van der Waals surface area contributed by atoms with Gasteiger partial charge in [0.05, 0.1) is 62.5 Å². The number of hydrogen-bond acceptors (Lipinski definition) is 8. The highest BCUT2D eigenvalue weighted by molar-refractivity contribution is 6.25. The van der Waals surface area contributed by atoms with Gasteiger partial charge in [-0.3, -0.25) is 0 Å². The standard InChI is InChI=1S/2C10H17NO2.C2H2O4/c2*1-4-13-10(12)9-6-5-8(2)11(3)7-9;3-1(4)2(5)6/h2*6,8H,4-5,7H2,1-3H3;(H,3,4)(H,5,6). The predicted octanol–water partition coefficient (Wildman–Crippen LogP) is -3.95. The summed E-state index contributed by atoms with van der Waals surface area (Å²) in [6.07, 6.45) is 5.96. The highest BCUT2D eigenvalue weighted by Gasteiger charge is 2.24. The van der Waals surface area contributed by atoms with Gasteiger partial charge in [-0.25, -0.2) is 9.59 Å². The molecule has 4 atom stereocenters. The van der Waals surface area contributed by atoms with Gasteiger partial charge in [0, 0.05) is 12.8 Å². The van der Waals surface area contributed by atoms with Crippen molar-refractivity contribution in [3.05, 3.63) is 23.3 Å². The van der Waals surface area contributed by atoms with Crippen LogP contribution < -0.4 is 20.0 Å². The second-order valence-electron chi connectivity index (χ2n) is 7.79. The lowest BCUT2D eigenvalue weighted by Gasteiger charge is -2.25. The number of carboxylic acid groups (broad SMARTS) is 2. The number of hydrogen-bond donors (Lipinski definition) is 2. The number of ether oxygens (including phenoxy) is 2. The molecule has 32 heavy (non-hydrogen) atoms. The maximum absolute atomic E-state index is 11.3. The Bertz CT molecular complexity index is 657. The minimum absolute atomic E-state index is 0.145. The normalized spacial score (nSPS) is 24.2. The fourth-order valence-electron chi connectivity index (χ4n) is 2.89. The minimum atomic E-state index is -2.19. The van der Waals surface area contributed by atoms with Gasteiger partial charge in [-0.05, 0) is 27.7 Å². The van der Waals surface area contributed by atoms with E-state index in [1.807, 2.05) is 26.0 Å². The summed E-state index contributed by atoms with van der Waals surface area (Å²) in [4.78, 5) is 43.3. The van der Waals surface area contributed by atoms with E-state index in [4.69, 9.17) is 29.3 Å². The summed E-state index contributed by atoms with van der Waals surface area (Å²) in [5, 5.41) is 17.9. The van der Waals surface area contributed by atoms with Gasteiger partial charge in [-0.1, -0.05) is 12.2 Å². The lowest BCUT2D eigenvalue weighted by molar-refractivity contribution is -0.900. The van der Waals surface area contributed by atoms with Crippen molar-refractivity contribution in [2.45, 2.75) is 52.6 Å². The van der Waals surface area contributed by atoms with Crippen LogP contribution in [0.2, 0.25) is 0 Å². The van der Waals surface area contributed by atoms with Crippen LogP contribution in [0.15, 0.2) is 23.3 Å². The lowest BCUT2D eigenvalue weighted by Crippen LogP contribution is -3.13. The van der Waals surface area contributed by atoms with E-state index in [1.54, 1.807) is 0 Å². The molecule has 4 unspecified atom stereocenters. The molecule has 2 N–H and O–H groups in total. The molecule has 0 fully saturated rings. The van der Waals surface area contributed by atoms with Crippen LogP contribution in [-0.2, 0) is 28.7 Å². The quantitative estimate of drug-likeness (QED) is 0.323. The van der Waals surface area contributed by atoms with E-state index in [0.717, 1.165) is 37.1 Å². The number of esters is 2. The Hall–Kier alpha value is -2.72. The Balaban J connectivity index is 0.000000484. The van der Waals surface area contributed by atoms with Gasteiger partial charge in [0.25, 0.3) is 0 Å². The van der Waals surface area contributed by atoms with Gasteiger partial charge in [0.15, 0.2) is 0 Å². The van der Waals surface area contributed by atoms with Gasteiger partial charge in [-0.15, -0.1) is 0 Å². The number of carbonyl (C=O) groups excluding carboxylic acids is 4. The summed E-state index contributed by atoms with van der Waals surface area (Å²) < 4.78 is 9.89. The molecule has 0 saturated heterocycles. The molecule has 0 saturated carbocycles. The van der Waals surface area contributed by atoms with Crippen LogP contribution in [0, 0.1) is 0 Å². The first-order chi connectivity index (χ1) is 14.9. The number of likely N-dealkylation sites (N-methyl/N-ethyl adjacent to an activating group) is 2. The number of aliphatic carboxylic acids is 2. The molecule has 0 aromatic carbocycles. The van der Waals surface area contributed by atoms with Crippen molar-refractivity contribution in [2.75, 3.05) is 40.4 Å². The van der Waals surface area contributed by atoms with E-state index in [2.05, 4.69) is 27.9 Å². The van der Waals surface area contributed by atoms with E-state index in [1.165, 1.54) is 9.80 Å². The number of quaternary nitrogens is 2. The van der Waals surface area contributed by atoms with Crippen molar-refractivity contribution in [3.63, 3.8) is 0 Å². The molecular formula is C22H36N2O8. The first-order valence-electron chi connectivity index (χ1n) is 10.7. The number of nitrogens with one attached hydrogen (secondary N) is 2. The molecule has 2 rings (SSSR count). The molecule has 2 aliphatic rings. The van der Waals surface area contributed by atoms with Gasteiger partial charge in [0.2, 0.25) is 0 Å². The molecule has 0 aliphatic carbocycles. The maximum Gasteiger partial charge on any atom is 0.339 e. The molecule has 0 spiro atoms. The van der Waals surface area contributed by atoms with E-state index in [9.17, 15) is 9.59 Å². The van der Waals surface area contributed by atoms with Crippen molar-refractivity contribution >= 4 is 23.9 Å². The first kappa shape index (κ1) is 29.3. The highest BCUT2D eigenvalue weighted by Crippen LogP contribution is 2.05. The molecule has 10 nitrogen and oxygen atoms in total. The Morgan fingerprint density at radius 2 is 1.12 bits per heavy atom. The molecule has 2 aliphatic heterocycles. The monoisotopic (exact) mass is 456 g/mol. The van der Waals surface area contributed by atoms with E-state index < -0.39 is 11.9 Å². The van der Waals surface area contributed by atoms with Crippen LogP contribution in [0.4, 0.5) is 0 Å². The maximum atomic E-state index is 11.3. The van der Waals surface area contributed by atoms with Gasteiger partial charge in [-0.2, -0.15) is 0 Å². The second kappa shape index (κ2) is 15.1. The summed E-state index contributed by atoms with van der Waals surface area (Å²) in [5.74, 6) is -4.66. The molecule has 0 aromatic heterocycles. The zero-order valence-corrected chi connectivity index (χ0v) is 19.8. The Labute approximate surface area is 189 Å². The molecule has 2 heterocycles. The van der Waals surface area contributed by atoms with Crippen LogP contribution in [0.5, 0.6) is 0 Å². The van der Waals surface area contributed by atoms with E-state index in [0.29, 0.717) is 25.3 Å². The largest absolute Gasteiger partial charge is 0.543 e. The fourth-order valence-corrected chi connectivity index (χ4v) is 2.89. The number of carbonyl (C=O) groups is 4. The summed E-state index contributed by atoms with van der Waals surface area (Å²) in [6.45, 7) is 10.6. The average Bonchev–Trinajstić information content (AvgIpc) is 2.73. The smallest absolute Gasteiger partial charge is 0.339 e. The number of rotatable bonds is 4. The van der Waals surface area contributed by atoms with Crippen molar-refractivity contribution in [2.24, 2.45) is 0 Å². The van der Waals surface area contributed by atoms with Crippen LogP contribution in [0.25, 0.3) is 0 Å². The van der Waals surface area contributed by atoms with Crippen molar-refractivity contribution < 1.29 is 48.7 Å². The van der Waals surface area contributed by atoms with Crippen LogP contribution in [-0.4, -0.2) is 76.4 Å². The third-order valence-electron chi connectivity index (χ3n) is 5.30. The summed E-state index contributed by atoms with van der Waals surface area (Å²) in [6, 6.07) is 1.22. The molecule has 0 bridgehead atoms. The van der Waals surface area contributed by atoms with Crippen LogP contribution >= 0.6 is 0 Å². The summed E-state index contributed by atoms with van der Waals surface area (Å²) >= 11 is 0. The second-order valence-corrected chi connectivity index (χ2v) is 7.79. The topological polar surface area (TPSA) is 142 Å². The molecule has 0 amide bonds. The van der Waals surface area contributed by atoms with Crippen molar-refractivity contribution in [1.29, 1.82) is 0 Å². The fraction of sp³-hybridized carbons (Fsp3) is 0.636. The number of carboxylic acids is 2. The van der Waals surface area contributed by atoms with Crippen LogP contribution in [0.1, 0.15) is 40.5 Å². The molecular weight excluding hydrogens is 420 g/mol. The SMILES string of the molecule is CCOC(=O)C1=CCC(C)[NH+](C)C1.CCOC(=O)C1=CCC(C)[NH+](C)C1.O=C([O-])C(=O)[O-]. The summed E-state index contributed by atoms with van der Waals surface area (Å²) in [7, 11) is 4.22. The molecule has 0 aromatic rings. The van der Waals surface area contributed by atoms with Gasteiger partial charge in [0.1, 0.15) is 13.1 Å². The van der Waals surface area contributed by atoms with Gasteiger partial charge >= 0.3 is 11.9 Å². The summed E-state index contributed by atoms with van der Waals surface area (Å²) in [5.41, 5.74) is 1.66. The zero-order chi connectivity index (χ0) is 24.8. The lowest BCUT2D eigenvalue weighted by atomic mass is 10.1. The van der Waals surface area contributed by atoms with E-state index in [-0.39, 0.29) is 11.9 Å². The molecule has 0 radical (unpaired) electrons. The first-order valence-corrected chi connectivity index (χ1v) is 10.7. The van der Waals surface area contributed by atoms with Crippen LogP contribution in [0.3, 0.4) is 0 Å². The molecule has 182 valence electrons. The Morgan fingerprint density at radius 3 is 1.34 bits per heavy atom. The van der Waals surface area contributed by atoms with Crippen molar-refractivity contribution in [1.82, 2.24) is 0 Å². The zero-order valence-electron chi connectivity index (χ0n) is 19.8. The Morgan fingerprint density at radius 1 is 0.812 bits per heavy atom. The minimum Gasteiger partial charge on any atom is -0.543 e. The van der Waals surface area contributed by atoms with Gasteiger partial charge < -0.3 is 39.1 Å². The van der Waals surface area contributed by atoms with E-state index >= 15 is 0 Å². The predicted molar refractivity (Wildman–Crippen MR) is 111 cm³/mol. The van der Waals surface area contributed by atoms with Crippen molar-refractivity contribution in [3.8, 4) is 0 Å². The molecule has 10 heteroatoms. The average molecular weight is 457 g/mol. The third kappa shape index (κ3) is 11.1. The Kier molecular flexibility index (Phi) is 13.9.